The van der Waals surface area contributed by atoms with Gasteiger partial charge in [-0.1, -0.05) is 32.9 Å². The van der Waals surface area contributed by atoms with E-state index in [2.05, 4.69) is 30.8 Å². The van der Waals surface area contributed by atoms with Crippen molar-refractivity contribution in [1.29, 1.82) is 0 Å². The van der Waals surface area contributed by atoms with E-state index in [9.17, 15) is 28.0 Å². The zero-order valence-corrected chi connectivity index (χ0v) is 22.6. The van der Waals surface area contributed by atoms with E-state index in [1.807, 2.05) is 0 Å². The summed E-state index contributed by atoms with van der Waals surface area (Å²) in [6.45, 7) is 7.93. The van der Waals surface area contributed by atoms with Crippen LogP contribution in [0.1, 0.15) is 61.2 Å². The summed E-state index contributed by atoms with van der Waals surface area (Å²) in [4.78, 5) is 23.0. The van der Waals surface area contributed by atoms with Crippen LogP contribution in [0.15, 0.2) is 60.8 Å². The number of carboxylic acid groups (broad SMARTS) is 1. The quantitative estimate of drug-likeness (QED) is 0.212. The van der Waals surface area contributed by atoms with Crippen molar-refractivity contribution < 1.29 is 47.3 Å². The second-order valence-electron chi connectivity index (χ2n) is 10.5. The lowest BCUT2D eigenvalue weighted by atomic mass is 9.86. The highest BCUT2D eigenvalue weighted by Gasteiger charge is 2.31. The maximum atomic E-state index is 12.5. The van der Waals surface area contributed by atoms with Gasteiger partial charge in [-0.25, -0.2) is 0 Å². The third-order valence-electron chi connectivity index (χ3n) is 5.82. The molecule has 1 unspecified atom stereocenters. The van der Waals surface area contributed by atoms with Crippen molar-refractivity contribution in [2.75, 3.05) is 6.54 Å². The molecule has 1 amide bonds. The van der Waals surface area contributed by atoms with Gasteiger partial charge in [-0.2, -0.15) is 0 Å². The summed E-state index contributed by atoms with van der Waals surface area (Å²) >= 11 is 0. The molecule has 0 spiro atoms. The van der Waals surface area contributed by atoms with E-state index in [1.54, 1.807) is 37.3 Å². The largest absolute Gasteiger partial charge is 0.573 e. The summed E-state index contributed by atoms with van der Waals surface area (Å²) in [6, 6.07) is 13.7. The molecule has 2 aromatic carbocycles. The Morgan fingerprint density at radius 3 is 2.15 bits per heavy atom. The van der Waals surface area contributed by atoms with E-state index in [4.69, 9.17) is 9.84 Å². The monoisotopic (exact) mass is 561 g/mol. The molecule has 3 N–H and O–H groups in total. The van der Waals surface area contributed by atoms with E-state index in [1.165, 1.54) is 30.5 Å². The standard InChI is InChI=1S/C29H31F3N2O6/c1-18-15-23(17-34(38)26(18)20-9-11-22(12-10-20)40-29(30,31)32)39-24(16-28(2,3)4)19-5-7-21(8-6-19)27(37)33-14-13-25(35)36/h5-12,15,17,24H,13-14,16H2,1-4H3,(H2-,33,35,36,37,38)/p+1. The van der Waals surface area contributed by atoms with Crippen molar-refractivity contribution >= 4 is 11.9 Å². The van der Waals surface area contributed by atoms with E-state index >= 15 is 0 Å². The first-order valence-electron chi connectivity index (χ1n) is 12.5. The third kappa shape index (κ3) is 8.89. The van der Waals surface area contributed by atoms with Crippen LogP contribution in [0.2, 0.25) is 0 Å². The van der Waals surface area contributed by atoms with Gasteiger partial charge in [0.25, 0.3) is 17.8 Å². The summed E-state index contributed by atoms with van der Waals surface area (Å²) in [6.07, 6.45) is -3.43. The Balaban J connectivity index is 1.82. The molecule has 214 valence electrons. The number of benzene rings is 2. The number of carboxylic acids is 1. The number of amides is 1. The fourth-order valence-corrected chi connectivity index (χ4v) is 4.11. The Bertz CT molecular complexity index is 1310. The number of rotatable bonds is 10. The summed E-state index contributed by atoms with van der Waals surface area (Å²) in [5.41, 5.74) is 2.50. The Morgan fingerprint density at radius 2 is 1.62 bits per heavy atom. The molecule has 0 aliphatic rings. The first kappa shape index (κ1) is 30.3. The zero-order valence-electron chi connectivity index (χ0n) is 22.6. The lowest BCUT2D eigenvalue weighted by Crippen LogP contribution is -2.33. The fraction of sp³-hybridized carbons (Fsp3) is 0.345. The first-order chi connectivity index (χ1) is 18.6. The van der Waals surface area contributed by atoms with Crippen LogP contribution in [0.5, 0.6) is 11.5 Å². The van der Waals surface area contributed by atoms with Crippen molar-refractivity contribution in [3.8, 4) is 22.8 Å². The highest BCUT2D eigenvalue weighted by Crippen LogP contribution is 2.34. The molecule has 8 nitrogen and oxygen atoms in total. The SMILES string of the molecule is Cc1cc(OC(CC(C)(C)C)c2ccc(C(=O)NCCC(=O)O)cc2)c[n+](O)c1-c1ccc(OC(F)(F)F)cc1. The highest BCUT2D eigenvalue weighted by molar-refractivity contribution is 5.94. The molecule has 3 aromatic rings. The second-order valence-corrected chi connectivity index (χ2v) is 10.5. The molecular formula is C29H32F3N2O6+. The molecule has 0 saturated carbocycles. The van der Waals surface area contributed by atoms with Gasteiger partial charge in [0.2, 0.25) is 0 Å². The van der Waals surface area contributed by atoms with Gasteiger partial charge in [0.15, 0.2) is 5.75 Å². The van der Waals surface area contributed by atoms with Crippen LogP contribution in [-0.4, -0.2) is 35.1 Å². The van der Waals surface area contributed by atoms with Gasteiger partial charge in [0, 0.05) is 22.4 Å². The van der Waals surface area contributed by atoms with Crippen molar-refractivity contribution in [3.05, 3.63) is 77.5 Å². The number of hydrogen-bond donors (Lipinski definition) is 3. The number of aryl methyl sites for hydroxylation is 1. The Kier molecular flexibility index (Phi) is 9.28. The van der Waals surface area contributed by atoms with Crippen molar-refractivity contribution in [2.24, 2.45) is 5.41 Å². The predicted octanol–water partition coefficient (Wildman–Crippen LogP) is 5.85. The molecular weight excluding hydrogens is 529 g/mol. The van der Waals surface area contributed by atoms with Crippen LogP contribution in [-0.2, 0) is 4.79 Å². The number of carbonyl (C=O) groups is 2. The summed E-state index contributed by atoms with van der Waals surface area (Å²) < 4.78 is 48.5. The second kappa shape index (κ2) is 12.3. The molecule has 0 aliphatic heterocycles. The Hall–Kier alpha value is -4.28. The summed E-state index contributed by atoms with van der Waals surface area (Å²) in [5, 5.41) is 22.0. The van der Waals surface area contributed by atoms with Crippen molar-refractivity contribution in [1.82, 2.24) is 5.32 Å². The van der Waals surface area contributed by atoms with Crippen LogP contribution < -0.4 is 19.5 Å². The van der Waals surface area contributed by atoms with Gasteiger partial charge in [-0.05, 0) is 66.8 Å². The first-order valence-corrected chi connectivity index (χ1v) is 12.5. The fourth-order valence-electron chi connectivity index (χ4n) is 4.11. The Morgan fingerprint density at radius 1 is 1.00 bits per heavy atom. The normalized spacial score (nSPS) is 12.5. The maximum Gasteiger partial charge on any atom is 0.573 e. The number of hydrogen-bond acceptors (Lipinski definition) is 5. The van der Waals surface area contributed by atoms with E-state index in [0.717, 1.165) is 10.3 Å². The number of aromatic nitrogens is 1. The molecule has 0 fully saturated rings. The number of nitrogens with one attached hydrogen (secondary N) is 1. The molecule has 0 radical (unpaired) electrons. The molecule has 1 heterocycles. The van der Waals surface area contributed by atoms with Gasteiger partial charge in [-0.3, -0.25) is 14.8 Å². The number of pyridine rings is 1. The molecule has 3 rings (SSSR count). The zero-order chi connectivity index (χ0) is 29.7. The van der Waals surface area contributed by atoms with Crippen LogP contribution in [0.3, 0.4) is 0 Å². The van der Waals surface area contributed by atoms with Gasteiger partial charge < -0.3 is 19.9 Å². The Labute approximate surface area is 229 Å². The van der Waals surface area contributed by atoms with Gasteiger partial charge in [0.1, 0.15) is 11.9 Å². The molecule has 1 atom stereocenters. The maximum absolute atomic E-state index is 12.5. The minimum atomic E-state index is -4.80. The molecule has 40 heavy (non-hydrogen) atoms. The van der Waals surface area contributed by atoms with Crippen LogP contribution in [0, 0.1) is 12.3 Å². The minimum absolute atomic E-state index is 0.0215. The van der Waals surface area contributed by atoms with E-state index in [0.29, 0.717) is 34.6 Å². The van der Waals surface area contributed by atoms with Crippen molar-refractivity contribution in [2.45, 2.75) is 53.0 Å². The van der Waals surface area contributed by atoms with Crippen LogP contribution in [0.4, 0.5) is 13.2 Å². The number of nitrogens with zero attached hydrogens (tertiary/aromatic N) is 1. The summed E-state index contributed by atoms with van der Waals surface area (Å²) in [7, 11) is 0. The lowest BCUT2D eigenvalue weighted by molar-refractivity contribution is -0.896. The average molecular weight is 562 g/mol. The van der Waals surface area contributed by atoms with E-state index in [-0.39, 0.29) is 30.0 Å². The summed E-state index contributed by atoms with van der Waals surface area (Å²) in [5.74, 6) is -1.39. The molecule has 0 aliphatic carbocycles. The predicted molar refractivity (Wildman–Crippen MR) is 139 cm³/mol. The average Bonchev–Trinajstić information content (AvgIpc) is 2.82. The van der Waals surface area contributed by atoms with Crippen LogP contribution >= 0.6 is 0 Å². The smallest absolute Gasteiger partial charge is 0.481 e. The molecule has 11 heteroatoms. The number of carbonyl (C=O) groups excluding carboxylic acids is 1. The van der Waals surface area contributed by atoms with Crippen LogP contribution in [0.25, 0.3) is 11.3 Å². The van der Waals surface area contributed by atoms with Crippen molar-refractivity contribution in [3.63, 3.8) is 0 Å². The third-order valence-corrected chi connectivity index (χ3v) is 5.82. The molecule has 0 bridgehead atoms. The number of alkyl halides is 3. The number of aliphatic carboxylic acids is 1. The molecule has 0 saturated heterocycles. The highest BCUT2D eigenvalue weighted by atomic mass is 19.4. The number of halogens is 3. The lowest BCUT2D eigenvalue weighted by Gasteiger charge is -2.27. The molecule has 1 aromatic heterocycles. The minimum Gasteiger partial charge on any atom is -0.481 e. The van der Waals surface area contributed by atoms with Gasteiger partial charge >= 0.3 is 12.3 Å². The topological polar surface area (TPSA) is 109 Å². The van der Waals surface area contributed by atoms with Gasteiger partial charge in [0.05, 0.1) is 12.0 Å². The number of ether oxygens (including phenoxy) is 2. The van der Waals surface area contributed by atoms with Gasteiger partial charge in [-0.15, -0.1) is 13.2 Å². The van der Waals surface area contributed by atoms with E-state index < -0.39 is 18.4 Å².